The summed E-state index contributed by atoms with van der Waals surface area (Å²) in [5.41, 5.74) is 1.89. The molecular formula is C14H19BrN4O. The average molecular weight is 339 g/mol. The number of likely N-dealkylation sites (N-methyl/N-ethyl adjacent to an activating group) is 1. The maximum Gasteiger partial charge on any atom is 0.233 e. The lowest BCUT2D eigenvalue weighted by Crippen LogP contribution is -2.35. The van der Waals surface area contributed by atoms with E-state index in [0.29, 0.717) is 13.1 Å². The predicted molar refractivity (Wildman–Crippen MR) is 82.5 cm³/mol. The molecule has 0 spiro atoms. The lowest BCUT2D eigenvalue weighted by molar-refractivity contribution is -0.121. The Bertz CT molecular complexity index is 596. The number of carbonyl (C=O) groups is 1. The van der Waals surface area contributed by atoms with Crippen molar-refractivity contribution < 1.29 is 4.79 Å². The van der Waals surface area contributed by atoms with Gasteiger partial charge in [0, 0.05) is 30.5 Å². The number of carbonyl (C=O) groups excluding carboxylic acids is 1. The van der Waals surface area contributed by atoms with Crippen LogP contribution in [0.25, 0.3) is 5.65 Å². The molecule has 2 aromatic rings. The topological polar surface area (TPSA) is 49.6 Å². The minimum Gasteiger partial charge on any atom is -0.358 e. The first-order chi connectivity index (χ1) is 9.62. The van der Waals surface area contributed by atoms with Gasteiger partial charge in [0.15, 0.2) is 0 Å². The number of aromatic nitrogens is 2. The molecule has 0 aliphatic heterocycles. The number of fused-ring (bicyclic) bond motifs is 1. The zero-order chi connectivity index (χ0) is 14.5. The summed E-state index contributed by atoms with van der Waals surface area (Å²) in [4.78, 5) is 18.2. The van der Waals surface area contributed by atoms with Crippen molar-refractivity contribution in [1.82, 2.24) is 19.6 Å². The van der Waals surface area contributed by atoms with E-state index in [1.54, 1.807) is 7.05 Å². The van der Waals surface area contributed by atoms with Crippen molar-refractivity contribution in [2.24, 2.45) is 0 Å². The normalized spacial score (nSPS) is 11.2. The van der Waals surface area contributed by atoms with Crippen LogP contribution in [0, 0.1) is 0 Å². The Morgan fingerprint density at radius 1 is 1.45 bits per heavy atom. The van der Waals surface area contributed by atoms with Crippen LogP contribution in [-0.4, -0.2) is 40.3 Å². The molecule has 0 bridgehead atoms. The molecule has 1 N–H and O–H groups in total. The van der Waals surface area contributed by atoms with Gasteiger partial charge in [0.1, 0.15) is 5.65 Å². The lowest BCUT2D eigenvalue weighted by atomic mass is 10.3. The first-order valence-electron chi connectivity index (χ1n) is 6.68. The van der Waals surface area contributed by atoms with Gasteiger partial charge in [-0.25, -0.2) is 4.98 Å². The quantitative estimate of drug-likeness (QED) is 0.876. The van der Waals surface area contributed by atoms with Crippen LogP contribution in [0.3, 0.4) is 0 Å². The number of nitrogens with one attached hydrogen (secondary N) is 1. The van der Waals surface area contributed by atoms with Crippen LogP contribution in [0.2, 0.25) is 0 Å². The molecule has 5 nitrogen and oxygen atoms in total. The zero-order valence-electron chi connectivity index (χ0n) is 11.8. The van der Waals surface area contributed by atoms with Gasteiger partial charge in [-0.2, -0.15) is 0 Å². The number of pyridine rings is 1. The van der Waals surface area contributed by atoms with E-state index in [2.05, 4.69) is 38.1 Å². The molecule has 0 aliphatic carbocycles. The predicted octanol–water partition coefficient (Wildman–Crippen LogP) is 2.05. The fourth-order valence-electron chi connectivity index (χ4n) is 2.13. The number of hydrogen-bond acceptors (Lipinski definition) is 3. The Morgan fingerprint density at radius 3 is 2.95 bits per heavy atom. The Balaban J connectivity index is 2.13. The van der Waals surface area contributed by atoms with E-state index in [0.717, 1.165) is 28.8 Å². The van der Waals surface area contributed by atoms with Gasteiger partial charge in [-0.3, -0.25) is 9.69 Å². The number of hydrogen-bond donors (Lipinski definition) is 1. The molecule has 6 heteroatoms. The number of nitrogens with zero attached hydrogens (tertiary/aromatic N) is 3. The molecule has 0 radical (unpaired) electrons. The molecular weight excluding hydrogens is 320 g/mol. The number of amides is 1. The highest BCUT2D eigenvalue weighted by atomic mass is 79.9. The van der Waals surface area contributed by atoms with Gasteiger partial charge in [0.25, 0.3) is 0 Å². The summed E-state index contributed by atoms with van der Waals surface area (Å²) in [6, 6.07) is 3.94. The highest BCUT2D eigenvalue weighted by Gasteiger charge is 2.11. The van der Waals surface area contributed by atoms with Crippen molar-refractivity contribution in [2.45, 2.75) is 19.9 Å². The van der Waals surface area contributed by atoms with Gasteiger partial charge in [-0.15, -0.1) is 0 Å². The third-order valence-electron chi connectivity index (χ3n) is 3.04. The van der Waals surface area contributed by atoms with Gasteiger partial charge in [-0.1, -0.05) is 6.92 Å². The van der Waals surface area contributed by atoms with Crippen molar-refractivity contribution in [1.29, 1.82) is 0 Å². The van der Waals surface area contributed by atoms with E-state index in [-0.39, 0.29) is 5.91 Å². The van der Waals surface area contributed by atoms with Gasteiger partial charge in [-0.05, 0) is 41.0 Å². The molecule has 2 aromatic heterocycles. The van der Waals surface area contributed by atoms with Crippen molar-refractivity contribution >= 4 is 27.5 Å². The van der Waals surface area contributed by atoms with Gasteiger partial charge >= 0.3 is 0 Å². The monoisotopic (exact) mass is 338 g/mol. The third kappa shape index (κ3) is 3.80. The lowest BCUT2D eigenvalue weighted by Gasteiger charge is -2.19. The standard InChI is InChI=1S/C14H19BrN4O/c1-3-6-18(10-14(20)16-2)8-12-9-19-7-11(15)4-5-13(19)17-12/h4-5,7,9H,3,6,8,10H2,1-2H3,(H,16,20). The van der Waals surface area contributed by atoms with Gasteiger partial charge in [0.05, 0.1) is 12.2 Å². The van der Waals surface area contributed by atoms with E-state index in [9.17, 15) is 4.79 Å². The summed E-state index contributed by atoms with van der Waals surface area (Å²) < 4.78 is 3.01. The minimum absolute atomic E-state index is 0.0324. The van der Waals surface area contributed by atoms with Crippen molar-refractivity contribution in [3.8, 4) is 0 Å². The first kappa shape index (κ1) is 15.0. The van der Waals surface area contributed by atoms with Crippen LogP contribution in [0.4, 0.5) is 0 Å². The summed E-state index contributed by atoms with van der Waals surface area (Å²) in [7, 11) is 1.66. The fourth-order valence-corrected chi connectivity index (χ4v) is 2.49. The van der Waals surface area contributed by atoms with E-state index in [1.807, 2.05) is 28.9 Å². The summed E-state index contributed by atoms with van der Waals surface area (Å²) >= 11 is 3.45. The second-order valence-corrected chi connectivity index (χ2v) is 5.64. The summed E-state index contributed by atoms with van der Waals surface area (Å²) in [5, 5.41) is 2.66. The molecule has 20 heavy (non-hydrogen) atoms. The third-order valence-corrected chi connectivity index (χ3v) is 3.51. The molecule has 0 aliphatic rings. The summed E-state index contributed by atoms with van der Waals surface area (Å²) in [6.07, 6.45) is 5.00. The molecule has 0 saturated heterocycles. The molecule has 0 aromatic carbocycles. The van der Waals surface area contributed by atoms with Crippen LogP contribution in [0.15, 0.2) is 29.0 Å². The van der Waals surface area contributed by atoms with E-state index < -0.39 is 0 Å². The Kier molecular flexibility index (Phi) is 5.14. The zero-order valence-corrected chi connectivity index (χ0v) is 13.4. The Morgan fingerprint density at radius 2 is 2.25 bits per heavy atom. The number of rotatable bonds is 6. The van der Waals surface area contributed by atoms with Crippen LogP contribution >= 0.6 is 15.9 Å². The maximum atomic E-state index is 11.5. The van der Waals surface area contributed by atoms with E-state index in [4.69, 9.17) is 0 Å². The fraction of sp³-hybridized carbons (Fsp3) is 0.429. The molecule has 2 heterocycles. The van der Waals surface area contributed by atoms with Crippen LogP contribution < -0.4 is 5.32 Å². The molecule has 108 valence electrons. The highest BCUT2D eigenvalue weighted by Crippen LogP contribution is 2.13. The second-order valence-electron chi connectivity index (χ2n) is 4.73. The molecule has 1 amide bonds. The summed E-state index contributed by atoms with van der Waals surface area (Å²) in [5.74, 6) is 0.0324. The second kappa shape index (κ2) is 6.85. The highest BCUT2D eigenvalue weighted by molar-refractivity contribution is 9.10. The Hall–Kier alpha value is -1.40. The first-order valence-corrected chi connectivity index (χ1v) is 7.47. The van der Waals surface area contributed by atoms with E-state index in [1.165, 1.54) is 0 Å². The van der Waals surface area contributed by atoms with Crippen LogP contribution in [0.5, 0.6) is 0 Å². The minimum atomic E-state index is 0.0324. The van der Waals surface area contributed by atoms with Crippen LogP contribution in [0.1, 0.15) is 19.0 Å². The largest absolute Gasteiger partial charge is 0.358 e. The van der Waals surface area contributed by atoms with Crippen molar-refractivity contribution in [3.05, 3.63) is 34.7 Å². The van der Waals surface area contributed by atoms with Gasteiger partial charge in [0.2, 0.25) is 5.91 Å². The van der Waals surface area contributed by atoms with Crippen LogP contribution in [-0.2, 0) is 11.3 Å². The molecule has 0 fully saturated rings. The summed E-state index contributed by atoms with van der Waals surface area (Å²) in [6.45, 7) is 4.07. The molecule has 0 saturated carbocycles. The smallest absolute Gasteiger partial charge is 0.233 e. The molecule has 2 rings (SSSR count). The number of halogens is 1. The Labute approximate surface area is 127 Å². The SMILES string of the molecule is CCCN(CC(=O)NC)Cc1cn2cc(Br)ccc2n1. The van der Waals surface area contributed by atoms with Crippen molar-refractivity contribution in [3.63, 3.8) is 0 Å². The molecule has 0 unspecified atom stereocenters. The number of imidazole rings is 1. The maximum absolute atomic E-state index is 11.5. The average Bonchev–Trinajstić information content (AvgIpc) is 2.80. The van der Waals surface area contributed by atoms with Gasteiger partial charge < -0.3 is 9.72 Å². The molecule has 0 atom stereocenters. The van der Waals surface area contributed by atoms with Crippen molar-refractivity contribution in [2.75, 3.05) is 20.1 Å². The van der Waals surface area contributed by atoms with E-state index >= 15 is 0 Å².